The van der Waals surface area contributed by atoms with Gasteiger partial charge in [0.2, 0.25) is 5.82 Å². The van der Waals surface area contributed by atoms with Gasteiger partial charge in [-0.3, -0.25) is 10.1 Å². The standard InChI is InChI=1S/C15H18N6O2/c1-12-5-7-16-15(14(12)21(22)23)20-9-3-8-19(10-11-20)13-4-2-6-17-18-13/h2,4-7H,3,8-11H2,1H3. The van der Waals surface area contributed by atoms with Crippen LogP contribution in [0, 0.1) is 17.0 Å². The van der Waals surface area contributed by atoms with Crippen molar-refractivity contribution in [3.8, 4) is 0 Å². The average Bonchev–Trinajstić information content (AvgIpc) is 2.81. The maximum atomic E-state index is 11.4. The topological polar surface area (TPSA) is 88.3 Å². The summed E-state index contributed by atoms with van der Waals surface area (Å²) >= 11 is 0. The molecule has 3 heterocycles. The van der Waals surface area contributed by atoms with Gasteiger partial charge in [-0.2, -0.15) is 5.10 Å². The highest BCUT2D eigenvalue weighted by molar-refractivity contribution is 5.61. The van der Waals surface area contributed by atoms with Gasteiger partial charge in [0.1, 0.15) is 0 Å². The molecule has 23 heavy (non-hydrogen) atoms. The molecule has 2 aromatic heterocycles. The first-order chi connectivity index (χ1) is 11.2. The van der Waals surface area contributed by atoms with Crippen molar-refractivity contribution in [1.29, 1.82) is 0 Å². The molecule has 2 aromatic rings. The number of nitrogens with zero attached hydrogens (tertiary/aromatic N) is 6. The van der Waals surface area contributed by atoms with Crippen molar-refractivity contribution in [2.75, 3.05) is 36.0 Å². The third-order valence-corrected chi connectivity index (χ3v) is 3.97. The number of pyridine rings is 1. The molecule has 0 atom stereocenters. The fraction of sp³-hybridized carbons (Fsp3) is 0.400. The van der Waals surface area contributed by atoms with Crippen molar-refractivity contribution >= 4 is 17.3 Å². The molecular weight excluding hydrogens is 296 g/mol. The lowest BCUT2D eigenvalue weighted by molar-refractivity contribution is -0.384. The van der Waals surface area contributed by atoms with E-state index in [2.05, 4.69) is 20.1 Å². The molecule has 0 unspecified atom stereocenters. The Labute approximate surface area is 133 Å². The molecule has 3 rings (SSSR count). The van der Waals surface area contributed by atoms with E-state index in [1.54, 1.807) is 25.4 Å². The summed E-state index contributed by atoms with van der Waals surface area (Å²) in [5.41, 5.74) is 0.732. The molecule has 1 aliphatic heterocycles. The lowest BCUT2D eigenvalue weighted by Crippen LogP contribution is -2.32. The smallest absolute Gasteiger partial charge is 0.314 e. The molecule has 8 nitrogen and oxygen atoms in total. The van der Waals surface area contributed by atoms with Crippen molar-refractivity contribution in [2.24, 2.45) is 0 Å². The first kappa shape index (κ1) is 15.1. The molecule has 120 valence electrons. The third kappa shape index (κ3) is 3.20. The highest BCUT2D eigenvalue weighted by atomic mass is 16.6. The molecular formula is C15H18N6O2. The number of hydrogen-bond acceptors (Lipinski definition) is 7. The second-order valence-electron chi connectivity index (χ2n) is 5.47. The van der Waals surface area contributed by atoms with E-state index in [4.69, 9.17) is 0 Å². The lowest BCUT2D eigenvalue weighted by atomic mass is 10.2. The Kier molecular flexibility index (Phi) is 4.31. The zero-order valence-corrected chi connectivity index (χ0v) is 12.9. The minimum absolute atomic E-state index is 0.0976. The molecule has 0 N–H and O–H groups in total. The summed E-state index contributed by atoms with van der Waals surface area (Å²) in [4.78, 5) is 19.4. The van der Waals surface area contributed by atoms with E-state index in [0.29, 0.717) is 17.9 Å². The van der Waals surface area contributed by atoms with E-state index < -0.39 is 0 Å². The fourth-order valence-corrected chi connectivity index (χ4v) is 2.81. The van der Waals surface area contributed by atoms with Gasteiger partial charge in [0.15, 0.2) is 5.82 Å². The highest BCUT2D eigenvalue weighted by Crippen LogP contribution is 2.29. The van der Waals surface area contributed by atoms with Crippen molar-refractivity contribution in [3.63, 3.8) is 0 Å². The number of anilines is 2. The summed E-state index contributed by atoms with van der Waals surface area (Å²) in [5, 5.41) is 19.4. The van der Waals surface area contributed by atoms with Crippen molar-refractivity contribution < 1.29 is 4.92 Å². The summed E-state index contributed by atoms with van der Waals surface area (Å²) in [6, 6.07) is 5.46. The molecule has 0 aliphatic carbocycles. The van der Waals surface area contributed by atoms with Gasteiger partial charge in [-0.25, -0.2) is 4.98 Å². The van der Waals surface area contributed by atoms with Crippen molar-refractivity contribution in [2.45, 2.75) is 13.3 Å². The minimum Gasteiger partial charge on any atom is -0.353 e. The fourth-order valence-electron chi connectivity index (χ4n) is 2.81. The van der Waals surface area contributed by atoms with Crippen LogP contribution in [-0.2, 0) is 0 Å². The molecule has 0 saturated carbocycles. The zero-order valence-electron chi connectivity index (χ0n) is 12.9. The Morgan fingerprint density at radius 3 is 2.65 bits per heavy atom. The average molecular weight is 314 g/mol. The zero-order chi connectivity index (χ0) is 16.2. The monoisotopic (exact) mass is 314 g/mol. The Balaban J connectivity index is 1.81. The summed E-state index contributed by atoms with van der Waals surface area (Å²) < 4.78 is 0. The maximum absolute atomic E-state index is 11.4. The SMILES string of the molecule is Cc1ccnc(N2CCCN(c3cccnn3)CC2)c1[N+](=O)[O-]. The van der Waals surface area contributed by atoms with Crippen LogP contribution in [0.5, 0.6) is 0 Å². The van der Waals surface area contributed by atoms with Crippen LogP contribution in [0.25, 0.3) is 0 Å². The summed E-state index contributed by atoms with van der Waals surface area (Å²) in [7, 11) is 0. The molecule has 8 heteroatoms. The van der Waals surface area contributed by atoms with Gasteiger partial charge in [-0.05, 0) is 31.5 Å². The van der Waals surface area contributed by atoms with E-state index in [1.807, 2.05) is 17.0 Å². The Morgan fingerprint density at radius 2 is 1.91 bits per heavy atom. The molecule has 0 radical (unpaired) electrons. The van der Waals surface area contributed by atoms with E-state index in [-0.39, 0.29) is 10.6 Å². The molecule has 1 saturated heterocycles. The third-order valence-electron chi connectivity index (χ3n) is 3.97. The summed E-state index contributed by atoms with van der Waals surface area (Å²) in [6.07, 6.45) is 4.15. The normalized spacial score (nSPS) is 15.3. The number of aryl methyl sites for hydroxylation is 1. The number of nitro groups is 1. The quantitative estimate of drug-likeness (QED) is 0.630. The second kappa shape index (κ2) is 6.55. The molecule has 0 aromatic carbocycles. The first-order valence-electron chi connectivity index (χ1n) is 7.54. The Morgan fingerprint density at radius 1 is 1.13 bits per heavy atom. The summed E-state index contributed by atoms with van der Waals surface area (Å²) in [5.74, 6) is 1.29. The number of hydrogen-bond donors (Lipinski definition) is 0. The van der Waals surface area contributed by atoms with Gasteiger partial charge in [0.25, 0.3) is 0 Å². The molecule has 0 bridgehead atoms. The molecule has 0 spiro atoms. The highest BCUT2D eigenvalue weighted by Gasteiger charge is 2.25. The van der Waals surface area contributed by atoms with E-state index in [1.165, 1.54) is 0 Å². The van der Waals surface area contributed by atoms with E-state index in [9.17, 15) is 10.1 Å². The van der Waals surface area contributed by atoms with Crippen LogP contribution in [-0.4, -0.2) is 46.3 Å². The predicted octanol–water partition coefficient (Wildman–Crippen LogP) is 1.80. The summed E-state index contributed by atoms with van der Waals surface area (Å²) in [6.45, 7) is 4.70. The van der Waals surface area contributed by atoms with Crippen LogP contribution >= 0.6 is 0 Å². The molecule has 0 amide bonds. The van der Waals surface area contributed by atoms with Gasteiger partial charge in [0, 0.05) is 44.1 Å². The van der Waals surface area contributed by atoms with Crippen molar-refractivity contribution in [1.82, 2.24) is 15.2 Å². The largest absolute Gasteiger partial charge is 0.353 e. The van der Waals surface area contributed by atoms with Crippen LogP contribution in [0.2, 0.25) is 0 Å². The van der Waals surface area contributed by atoms with Crippen LogP contribution in [0.15, 0.2) is 30.6 Å². The van der Waals surface area contributed by atoms with Gasteiger partial charge in [0.05, 0.1) is 4.92 Å². The number of rotatable bonds is 3. The van der Waals surface area contributed by atoms with Crippen LogP contribution in [0.4, 0.5) is 17.3 Å². The van der Waals surface area contributed by atoms with Crippen LogP contribution in [0.3, 0.4) is 0 Å². The molecule has 1 fully saturated rings. The predicted molar refractivity (Wildman–Crippen MR) is 86.7 cm³/mol. The lowest BCUT2D eigenvalue weighted by Gasteiger charge is -2.23. The van der Waals surface area contributed by atoms with Gasteiger partial charge < -0.3 is 9.80 Å². The van der Waals surface area contributed by atoms with E-state index in [0.717, 1.165) is 31.9 Å². The Hall–Kier alpha value is -2.77. The second-order valence-corrected chi connectivity index (χ2v) is 5.47. The van der Waals surface area contributed by atoms with Crippen molar-refractivity contribution in [3.05, 3.63) is 46.3 Å². The van der Waals surface area contributed by atoms with Gasteiger partial charge in [-0.15, -0.1) is 5.10 Å². The number of aromatic nitrogens is 3. The maximum Gasteiger partial charge on any atom is 0.314 e. The van der Waals surface area contributed by atoms with Gasteiger partial charge >= 0.3 is 5.69 Å². The van der Waals surface area contributed by atoms with E-state index >= 15 is 0 Å². The minimum atomic E-state index is -0.344. The van der Waals surface area contributed by atoms with Crippen LogP contribution < -0.4 is 9.80 Å². The first-order valence-corrected chi connectivity index (χ1v) is 7.54. The van der Waals surface area contributed by atoms with Gasteiger partial charge in [-0.1, -0.05) is 0 Å². The Bertz CT molecular complexity index is 694. The van der Waals surface area contributed by atoms with Crippen LogP contribution in [0.1, 0.15) is 12.0 Å². The molecule has 1 aliphatic rings.